The smallest absolute Gasteiger partial charge is 0.168 e. The molecule has 0 amide bonds. The molecule has 0 aromatic carbocycles. The number of aromatic nitrogens is 5. The van der Waals surface area contributed by atoms with E-state index in [2.05, 4.69) is 33.8 Å². The van der Waals surface area contributed by atoms with E-state index in [4.69, 9.17) is 16.6 Å². The summed E-state index contributed by atoms with van der Waals surface area (Å²) < 4.78 is 17.0. The highest BCUT2D eigenvalue weighted by Gasteiger charge is 2.39. The van der Waals surface area contributed by atoms with Crippen LogP contribution in [0.4, 0.5) is 10.2 Å². The van der Waals surface area contributed by atoms with Gasteiger partial charge in [0.2, 0.25) is 0 Å². The number of nitrogens with one attached hydrogen (secondary N) is 1. The van der Waals surface area contributed by atoms with Crippen LogP contribution >= 0.6 is 11.6 Å². The molecule has 0 radical (unpaired) electrons. The van der Waals surface area contributed by atoms with Gasteiger partial charge < -0.3 is 9.88 Å². The zero-order valence-corrected chi connectivity index (χ0v) is 18.2. The first-order valence-corrected chi connectivity index (χ1v) is 10.7. The van der Waals surface area contributed by atoms with E-state index >= 15 is 0 Å². The van der Waals surface area contributed by atoms with Crippen LogP contribution in [0.5, 0.6) is 0 Å². The van der Waals surface area contributed by atoms with Crippen LogP contribution in [-0.2, 0) is 0 Å². The average molecular weight is 441 g/mol. The topological polar surface area (TPSA) is 77.1 Å². The molecule has 0 unspecified atom stereocenters. The van der Waals surface area contributed by atoms with Gasteiger partial charge in [-0.1, -0.05) is 11.6 Å². The molecule has 4 aromatic heterocycles. The molecule has 7 nitrogen and oxygen atoms in total. The van der Waals surface area contributed by atoms with Crippen LogP contribution in [0.3, 0.4) is 0 Å². The molecule has 9 heteroatoms. The Morgan fingerprint density at radius 1 is 1.32 bits per heavy atom. The van der Waals surface area contributed by atoms with Gasteiger partial charge in [0, 0.05) is 54.8 Å². The van der Waals surface area contributed by atoms with Crippen molar-refractivity contribution >= 4 is 39.9 Å². The van der Waals surface area contributed by atoms with Gasteiger partial charge in [-0.25, -0.2) is 14.4 Å². The maximum Gasteiger partial charge on any atom is 0.168 e. The third-order valence-electron chi connectivity index (χ3n) is 5.78. The number of ketones is 1. The molecule has 0 bridgehead atoms. The Morgan fingerprint density at radius 2 is 2.10 bits per heavy atom. The summed E-state index contributed by atoms with van der Waals surface area (Å²) in [5.74, 6) is 0.363. The monoisotopic (exact) mass is 440 g/mol. The number of pyridine rings is 1. The molecule has 4 aromatic rings. The van der Waals surface area contributed by atoms with Gasteiger partial charge in [0.05, 0.1) is 22.5 Å². The number of carbonyl (C=O) groups excluding carboxylic acids is 1. The number of hydrogen-bond donors (Lipinski definition) is 1. The number of rotatable bonds is 6. The average Bonchev–Trinajstić information content (AvgIpc) is 3.14. The standard InChI is InChI=1S/C22H22ClFN6O/c1-11(2)29-10-16(14-6-13(23)8-26-21(14)29)18-7-20(25-3)30-22(28-18)15(9-27-30)19(31)5-12-4-17(12)24/h6-12,17,25H,4-5H2,1-3H3/t12-,17-/m0/s1. The Morgan fingerprint density at radius 3 is 2.77 bits per heavy atom. The Kier molecular flexibility index (Phi) is 4.69. The Bertz CT molecular complexity index is 1330. The minimum Gasteiger partial charge on any atom is -0.373 e. The number of hydrogen-bond acceptors (Lipinski definition) is 5. The second kappa shape index (κ2) is 7.30. The molecule has 4 heterocycles. The van der Waals surface area contributed by atoms with Crippen molar-refractivity contribution in [2.75, 3.05) is 12.4 Å². The summed E-state index contributed by atoms with van der Waals surface area (Å²) in [6, 6.07) is 3.95. The second-order valence-electron chi connectivity index (χ2n) is 8.28. The van der Waals surface area contributed by atoms with Crippen molar-refractivity contribution in [2.24, 2.45) is 5.92 Å². The highest BCUT2D eigenvalue weighted by Crippen LogP contribution is 2.38. The maximum atomic E-state index is 13.3. The molecule has 160 valence electrons. The number of alkyl halides is 1. The minimum absolute atomic E-state index is 0.138. The number of halogens is 2. The van der Waals surface area contributed by atoms with Gasteiger partial charge in [-0.05, 0) is 26.3 Å². The van der Waals surface area contributed by atoms with Crippen molar-refractivity contribution in [2.45, 2.75) is 38.9 Å². The molecule has 0 saturated heterocycles. The van der Waals surface area contributed by atoms with Crippen LogP contribution in [0.1, 0.15) is 43.1 Å². The first kappa shape index (κ1) is 19.9. The fourth-order valence-corrected chi connectivity index (χ4v) is 4.11. The van der Waals surface area contributed by atoms with Crippen molar-refractivity contribution in [3.63, 3.8) is 0 Å². The van der Waals surface area contributed by atoms with Gasteiger partial charge >= 0.3 is 0 Å². The van der Waals surface area contributed by atoms with E-state index < -0.39 is 6.17 Å². The van der Waals surface area contributed by atoms with Crippen molar-refractivity contribution in [1.82, 2.24) is 24.1 Å². The fraction of sp³-hybridized carbons (Fsp3) is 0.364. The predicted molar refractivity (Wildman–Crippen MR) is 119 cm³/mol. The number of anilines is 1. The van der Waals surface area contributed by atoms with E-state index in [9.17, 15) is 9.18 Å². The molecule has 1 aliphatic rings. The zero-order chi connectivity index (χ0) is 21.9. The quantitative estimate of drug-likeness (QED) is 0.429. The van der Waals surface area contributed by atoms with E-state index in [1.165, 1.54) is 6.20 Å². The van der Waals surface area contributed by atoms with Crippen LogP contribution in [0.2, 0.25) is 5.02 Å². The lowest BCUT2D eigenvalue weighted by molar-refractivity contribution is 0.0974. The molecular formula is C22H22ClFN6O. The minimum atomic E-state index is -0.874. The molecule has 31 heavy (non-hydrogen) atoms. The SMILES string of the molecule is CNc1cc(-c2cn(C(C)C)c3ncc(Cl)cc23)nc2c(C(=O)C[C@@H]3C[C@@H]3F)cnn12. The van der Waals surface area contributed by atoms with Crippen molar-refractivity contribution in [3.05, 3.63) is 41.3 Å². The van der Waals surface area contributed by atoms with Crippen molar-refractivity contribution < 1.29 is 9.18 Å². The molecular weight excluding hydrogens is 419 g/mol. The number of carbonyl (C=O) groups is 1. The Balaban J connectivity index is 1.69. The predicted octanol–water partition coefficient (Wildman–Crippen LogP) is 4.95. The summed E-state index contributed by atoms with van der Waals surface area (Å²) >= 11 is 6.24. The van der Waals surface area contributed by atoms with Gasteiger partial charge in [-0.3, -0.25) is 4.79 Å². The summed E-state index contributed by atoms with van der Waals surface area (Å²) in [5.41, 5.74) is 3.21. The summed E-state index contributed by atoms with van der Waals surface area (Å²) in [7, 11) is 1.79. The molecule has 0 spiro atoms. The Hall–Kier alpha value is -3.00. The highest BCUT2D eigenvalue weighted by atomic mass is 35.5. The van der Waals surface area contributed by atoms with Crippen LogP contribution in [-0.4, -0.2) is 43.2 Å². The third-order valence-corrected chi connectivity index (χ3v) is 5.99. The first-order chi connectivity index (χ1) is 14.9. The van der Waals surface area contributed by atoms with E-state index in [1.54, 1.807) is 17.8 Å². The van der Waals surface area contributed by atoms with Gasteiger partial charge in [-0.15, -0.1) is 0 Å². The summed E-state index contributed by atoms with van der Waals surface area (Å²) in [5, 5.41) is 8.88. The number of fused-ring (bicyclic) bond motifs is 2. The summed E-state index contributed by atoms with van der Waals surface area (Å²) in [6.45, 7) is 4.16. The maximum absolute atomic E-state index is 13.3. The third kappa shape index (κ3) is 3.35. The number of nitrogens with zero attached hydrogens (tertiary/aromatic N) is 5. The highest BCUT2D eigenvalue weighted by molar-refractivity contribution is 6.31. The largest absolute Gasteiger partial charge is 0.373 e. The van der Waals surface area contributed by atoms with E-state index in [-0.39, 0.29) is 24.2 Å². The fourth-order valence-electron chi connectivity index (χ4n) is 3.95. The molecule has 1 saturated carbocycles. The lowest BCUT2D eigenvalue weighted by Gasteiger charge is -2.08. The lowest BCUT2D eigenvalue weighted by atomic mass is 10.1. The Labute approximate surface area is 183 Å². The van der Waals surface area contributed by atoms with Crippen LogP contribution in [0.25, 0.3) is 27.9 Å². The molecule has 1 fully saturated rings. The van der Waals surface area contributed by atoms with Crippen LogP contribution in [0, 0.1) is 5.92 Å². The summed E-state index contributed by atoms with van der Waals surface area (Å²) in [4.78, 5) is 22.1. The van der Waals surface area contributed by atoms with E-state index in [0.29, 0.717) is 34.2 Å². The van der Waals surface area contributed by atoms with Crippen LogP contribution < -0.4 is 5.32 Å². The zero-order valence-electron chi connectivity index (χ0n) is 17.4. The van der Waals surface area contributed by atoms with Gasteiger partial charge in [0.1, 0.15) is 17.6 Å². The molecule has 0 aliphatic heterocycles. The van der Waals surface area contributed by atoms with Gasteiger partial charge in [0.25, 0.3) is 0 Å². The van der Waals surface area contributed by atoms with Crippen LogP contribution in [0.15, 0.2) is 30.7 Å². The van der Waals surface area contributed by atoms with Crippen molar-refractivity contribution in [1.29, 1.82) is 0 Å². The van der Waals surface area contributed by atoms with E-state index in [1.807, 2.05) is 18.3 Å². The summed E-state index contributed by atoms with van der Waals surface area (Å²) in [6.07, 6.45) is 4.91. The van der Waals surface area contributed by atoms with Gasteiger partial charge in [-0.2, -0.15) is 9.61 Å². The lowest BCUT2D eigenvalue weighted by Crippen LogP contribution is -2.05. The van der Waals surface area contributed by atoms with Gasteiger partial charge in [0.15, 0.2) is 11.4 Å². The van der Waals surface area contributed by atoms with Crippen molar-refractivity contribution in [3.8, 4) is 11.3 Å². The molecule has 1 aliphatic carbocycles. The normalized spacial score (nSPS) is 18.3. The second-order valence-corrected chi connectivity index (χ2v) is 8.71. The first-order valence-electron chi connectivity index (χ1n) is 10.3. The molecule has 5 rings (SSSR count). The van der Waals surface area contributed by atoms with E-state index in [0.717, 1.165) is 16.6 Å². The molecule has 2 atom stereocenters. The molecule has 1 N–H and O–H groups in total. The number of Topliss-reactive ketones (excluding diaryl/α,β-unsaturated/α-hetero) is 1.